The largest absolute Gasteiger partial charge is 0.460 e. The molecule has 1 saturated carbocycles. The monoisotopic (exact) mass is 888 g/mol. The van der Waals surface area contributed by atoms with Gasteiger partial charge in [-0.1, -0.05) is 58.9 Å². The van der Waals surface area contributed by atoms with Crippen LogP contribution in [0.4, 0.5) is 0 Å². The van der Waals surface area contributed by atoms with Gasteiger partial charge in [-0.25, -0.2) is 4.79 Å². The van der Waals surface area contributed by atoms with Gasteiger partial charge in [-0.2, -0.15) is 0 Å². The maximum absolute atomic E-state index is 14.3. The van der Waals surface area contributed by atoms with Crippen molar-refractivity contribution in [2.24, 2.45) is 35.5 Å². The van der Waals surface area contributed by atoms with Crippen molar-refractivity contribution in [1.29, 1.82) is 0 Å². The normalized spacial score (nSPS) is 40.7. The standard InChI is InChI=1S/C49H77NO13/c1-28-14-13-15-29(2)40(59-8)26-36-19-17-34(7)49(58,63-36)46(55)47(56)50-21-12-11-16-37(50)48(57)62-41(31(4)24-35-18-20-38(51)42(25-35)60-9)27-39(52)30(3)23-33(6)44(54)45(61-10)43(53)32(5)22-28/h13-15,23,28,30-32,34-38,40-42,44-45,51,54,58H,11-12,16-22,24-27H2,1-10H3/b14-13-,29-15-,33-23-/t28-,30-,31-,32-,34-,35+,36+,37+,38-,40+,41+,42-,44-,45+,49-/m1/s1. The number of aliphatic hydroxyl groups is 3. The summed E-state index contributed by atoms with van der Waals surface area (Å²) in [5.41, 5.74) is 1.26. The molecule has 0 aromatic heterocycles. The van der Waals surface area contributed by atoms with Gasteiger partial charge in [0, 0.05) is 58.5 Å². The van der Waals surface area contributed by atoms with Crippen LogP contribution in [0.5, 0.6) is 0 Å². The van der Waals surface area contributed by atoms with Crippen LogP contribution in [0.3, 0.4) is 0 Å². The van der Waals surface area contributed by atoms with Crippen molar-refractivity contribution >= 4 is 29.2 Å². The number of ether oxygens (including phenoxy) is 5. The molecule has 3 heterocycles. The first-order valence-corrected chi connectivity index (χ1v) is 23.3. The lowest BCUT2D eigenvalue weighted by Crippen LogP contribution is -2.61. The highest BCUT2D eigenvalue weighted by Crippen LogP contribution is 2.38. The van der Waals surface area contributed by atoms with Crippen LogP contribution in [0.2, 0.25) is 0 Å². The van der Waals surface area contributed by atoms with Crippen molar-refractivity contribution in [3.8, 4) is 0 Å². The van der Waals surface area contributed by atoms with Crippen LogP contribution in [-0.2, 0) is 47.7 Å². The fourth-order valence-electron chi connectivity index (χ4n) is 9.99. The van der Waals surface area contributed by atoms with Gasteiger partial charge in [0.2, 0.25) is 5.79 Å². The molecule has 3 aliphatic heterocycles. The third kappa shape index (κ3) is 13.5. The molecule has 0 spiro atoms. The summed E-state index contributed by atoms with van der Waals surface area (Å²) in [6.45, 7) is 12.7. The second-order valence-electron chi connectivity index (χ2n) is 19.2. The number of esters is 1. The summed E-state index contributed by atoms with van der Waals surface area (Å²) < 4.78 is 29.4. The van der Waals surface area contributed by atoms with Crippen LogP contribution >= 0.6 is 0 Å². The van der Waals surface area contributed by atoms with Crippen molar-refractivity contribution < 1.29 is 63.0 Å². The SMILES string of the molecule is CO[C@H]1C[C@@H]2CC[C@@H](C)[C@@](O)(O2)C(=O)C(=O)N2CCCC[C@H]2C(=O)O[C@H]([C@H](C)C[C@@H]2CC[C@@H](O)[C@H](OC)C2)CC(=O)[C@H](C)/C=C(/C)[C@@H](O)[C@@H](OC)C(=O)[C@H](C)C[C@H](C)/C=C\C=C/1C. The highest BCUT2D eigenvalue weighted by molar-refractivity contribution is 6.39. The Balaban J connectivity index is 1.71. The van der Waals surface area contributed by atoms with Crippen LogP contribution in [0.25, 0.3) is 0 Å². The Bertz CT molecular complexity index is 1670. The van der Waals surface area contributed by atoms with Crippen molar-refractivity contribution in [1.82, 2.24) is 4.90 Å². The first kappa shape index (κ1) is 52.5. The van der Waals surface area contributed by atoms with Gasteiger partial charge in [0.15, 0.2) is 5.78 Å². The van der Waals surface area contributed by atoms with Gasteiger partial charge in [-0.05, 0) is 107 Å². The van der Waals surface area contributed by atoms with E-state index in [-0.39, 0.29) is 54.8 Å². The Morgan fingerprint density at radius 2 is 1.59 bits per heavy atom. The van der Waals surface area contributed by atoms with Crippen LogP contribution in [0, 0.1) is 35.5 Å². The van der Waals surface area contributed by atoms with E-state index in [0.29, 0.717) is 63.4 Å². The number of cyclic esters (lactones) is 1. The highest BCUT2D eigenvalue weighted by atomic mass is 16.6. The number of aliphatic hydroxyl groups excluding tert-OH is 2. The molecule has 3 fully saturated rings. The lowest BCUT2D eigenvalue weighted by Gasteiger charge is -2.42. The minimum Gasteiger partial charge on any atom is -0.460 e. The number of hydrogen-bond acceptors (Lipinski definition) is 13. The molecule has 0 aromatic rings. The zero-order valence-corrected chi connectivity index (χ0v) is 39.5. The Labute approximate surface area is 375 Å². The number of fused-ring (bicyclic) bond motifs is 3. The second-order valence-corrected chi connectivity index (χ2v) is 19.2. The first-order chi connectivity index (χ1) is 29.7. The molecule has 14 nitrogen and oxygen atoms in total. The Morgan fingerprint density at radius 1 is 0.873 bits per heavy atom. The van der Waals surface area contributed by atoms with Crippen LogP contribution in [-0.4, -0.2) is 132 Å². The van der Waals surface area contributed by atoms with E-state index >= 15 is 0 Å². The molecule has 63 heavy (non-hydrogen) atoms. The van der Waals surface area contributed by atoms with Crippen molar-refractivity contribution in [3.05, 3.63) is 35.5 Å². The van der Waals surface area contributed by atoms with E-state index in [4.69, 9.17) is 23.7 Å². The number of carbonyl (C=O) groups excluding carboxylic acids is 5. The van der Waals surface area contributed by atoms with E-state index < -0.39 is 83.9 Å². The molecule has 0 radical (unpaired) electrons. The number of allylic oxidation sites excluding steroid dienone is 4. The fourth-order valence-corrected chi connectivity index (χ4v) is 9.99. The molecule has 0 aromatic carbocycles. The van der Waals surface area contributed by atoms with Gasteiger partial charge in [-0.15, -0.1) is 0 Å². The van der Waals surface area contributed by atoms with Crippen LogP contribution in [0.1, 0.15) is 126 Å². The maximum Gasteiger partial charge on any atom is 0.329 e. The molecule has 14 heteroatoms. The molecule has 1 amide bonds. The summed E-state index contributed by atoms with van der Waals surface area (Å²) in [6, 6.07) is -1.13. The fraction of sp³-hybridized carbons (Fsp3) is 0.776. The predicted octanol–water partition coefficient (Wildman–Crippen LogP) is 5.62. The summed E-state index contributed by atoms with van der Waals surface area (Å²) in [7, 11) is 4.52. The van der Waals surface area contributed by atoms with Crippen LogP contribution in [0.15, 0.2) is 35.5 Å². The van der Waals surface area contributed by atoms with Crippen molar-refractivity contribution in [2.45, 2.75) is 180 Å². The second kappa shape index (κ2) is 23.9. The molecule has 356 valence electrons. The predicted molar refractivity (Wildman–Crippen MR) is 236 cm³/mol. The molecule has 4 aliphatic rings. The van der Waals surface area contributed by atoms with Crippen molar-refractivity contribution in [3.63, 3.8) is 0 Å². The summed E-state index contributed by atoms with van der Waals surface area (Å²) in [5, 5.41) is 33.8. The third-order valence-electron chi connectivity index (χ3n) is 14.3. The Hall–Kier alpha value is -3.11. The highest BCUT2D eigenvalue weighted by Gasteiger charge is 2.53. The third-order valence-corrected chi connectivity index (χ3v) is 14.3. The number of piperidine rings is 1. The summed E-state index contributed by atoms with van der Waals surface area (Å²) in [6.07, 6.45) is 7.39. The van der Waals surface area contributed by atoms with E-state index in [1.807, 2.05) is 39.0 Å². The molecular weight excluding hydrogens is 811 g/mol. The zero-order chi connectivity index (χ0) is 46.8. The van der Waals surface area contributed by atoms with Gasteiger partial charge < -0.3 is 43.9 Å². The van der Waals surface area contributed by atoms with E-state index in [2.05, 4.69) is 0 Å². The number of methoxy groups -OCH3 is 3. The topological polar surface area (TPSA) is 195 Å². The number of carbonyl (C=O) groups is 5. The maximum atomic E-state index is 14.3. The summed E-state index contributed by atoms with van der Waals surface area (Å²) in [5.74, 6) is -7.99. The first-order valence-electron chi connectivity index (χ1n) is 23.3. The van der Waals surface area contributed by atoms with E-state index in [9.17, 15) is 39.3 Å². The molecule has 0 unspecified atom stereocenters. The molecular formula is C49H77NO13. The number of Topliss-reactive ketones (excluding diaryl/α,β-unsaturated/α-hetero) is 3. The molecule has 3 N–H and O–H groups in total. The molecule has 2 bridgehead atoms. The average molecular weight is 888 g/mol. The lowest BCUT2D eigenvalue weighted by atomic mass is 9.78. The van der Waals surface area contributed by atoms with Gasteiger partial charge in [0.25, 0.3) is 11.7 Å². The van der Waals surface area contributed by atoms with Gasteiger partial charge in [-0.3, -0.25) is 19.2 Å². The lowest BCUT2D eigenvalue weighted by molar-refractivity contribution is -0.265. The van der Waals surface area contributed by atoms with Gasteiger partial charge in [0.1, 0.15) is 30.1 Å². The quantitative estimate of drug-likeness (QED) is 0.169. The number of nitrogens with zero attached hydrogens (tertiary/aromatic N) is 1. The Morgan fingerprint density at radius 3 is 2.25 bits per heavy atom. The molecule has 2 saturated heterocycles. The zero-order valence-electron chi connectivity index (χ0n) is 39.5. The molecule has 15 atom stereocenters. The number of hydrogen-bond donors (Lipinski definition) is 3. The summed E-state index contributed by atoms with van der Waals surface area (Å²) >= 11 is 0. The summed E-state index contributed by atoms with van der Waals surface area (Å²) in [4.78, 5) is 71.7. The number of rotatable bonds is 6. The van der Waals surface area contributed by atoms with E-state index in [0.717, 1.165) is 12.0 Å². The molecule has 1 aliphatic carbocycles. The smallest absolute Gasteiger partial charge is 0.329 e. The van der Waals surface area contributed by atoms with E-state index in [1.165, 1.54) is 12.0 Å². The van der Waals surface area contributed by atoms with Gasteiger partial charge >= 0.3 is 5.97 Å². The van der Waals surface area contributed by atoms with E-state index in [1.54, 1.807) is 48.0 Å². The number of amides is 1. The average Bonchev–Trinajstić information content (AvgIpc) is 3.26. The Kier molecular flexibility index (Phi) is 19.9. The van der Waals surface area contributed by atoms with Crippen LogP contribution < -0.4 is 0 Å². The minimum absolute atomic E-state index is 0.0164. The minimum atomic E-state index is -2.43. The number of ketones is 3. The van der Waals surface area contributed by atoms with Gasteiger partial charge in [0.05, 0.1) is 24.4 Å². The van der Waals surface area contributed by atoms with Crippen molar-refractivity contribution in [2.75, 3.05) is 27.9 Å². The molecule has 4 rings (SSSR count).